The molecular formula is C24H29ClN6O3S. The number of amides is 1. The van der Waals surface area contributed by atoms with E-state index in [0.29, 0.717) is 11.6 Å². The van der Waals surface area contributed by atoms with Gasteiger partial charge in [0, 0.05) is 24.7 Å². The van der Waals surface area contributed by atoms with E-state index in [1.165, 1.54) is 25.0 Å². The molecule has 5 rings (SSSR count). The lowest BCUT2D eigenvalue weighted by Crippen LogP contribution is -2.39. The van der Waals surface area contributed by atoms with Gasteiger partial charge in [0.2, 0.25) is 10.0 Å². The lowest BCUT2D eigenvalue weighted by Gasteiger charge is -2.35. The maximum Gasteiger partial charge on any atom is 0.256 e. The number of hydrogen-bond acceptors (Lipinski definition) is 6. The smallest absolute Gasteiger partial charge is 0.256 e. The van der Waals surface area contributed by atoms with Gasteiger partial charge in [0.25, 0.3) is 5.91 Å². The summed E-state index contributed by atoms with van der Waals surface area (Å²) in [7, 11) is -3.57. The molecule has 35 heavy (non-hydrogen) atoms. The highest BCUT2D eigenvalue weighted by atomic mass is 35.5. The van der Waals surface area contributed by atoms with Crippen LogP contribution < -0.4 is 9.62 Å². The number of benzene rings is 1. The summed E-state index contributed by atoms with van der Waals surface area (Å²) in [6.07, 6.45) is 7.93. The van der Waals surface area contributed by atoms with E-state index in [9.17, 15) is 13.2 Å². The van der Waals surface area contributed by atoms with Gasteiger partial charge in [-0.1, -0.05) is 11.6 Å². The molecule has 186 valence electrons. The average Bonchev–Trinajstić information content (AvgIpc) is 3.49. The van der Waals surface area contributed by atoms with Gasteiger partial charge in [0.15, 0.2) is 5.65 Å². The molecule has 9 nitrogen and oxygen atoms in total. The Morgan fingerprint density at radius 1 is 1.11 bits per heavy atom. The lowest BCUT2D eigenvalue weighted by atomic mass is 9.98. The molecule has 2 aliphatic rings. The van der Waals surface area contributed by atoms with Crippen LogP contribution in [0.25, 0.3) is 5.65 Å². The molecule has 1 N–H and O–H groups in total. The van der Waals surface area contributed by atoms with Crippen molar-refractivity contribution in [2.75, 3.05) is 35.5 Å². The van der Waals surface area contributed by atoms with Gasteiger partial charge in [-0.3, -0.25) is 9.52 Å². The second kappa shape index (κ2) is 9.31. The molecule has 4 heterocycles. The molecule has 0 unspecified atom stereocenters. The maximum absolute atomic E-state index is 13.7. The molecule has 0 saturated carbocycles. The van der Waals surface area contributed by atoms with Gasteiger partial charge >= 0.3 is 0 Å². The van der Waals surface area contributed by atoms with Crippen LogP contribution in [0, 0.1) is 6.92 Å². The number of carbonyl (C=O) groups excluding carboxylic acids is 1. The third-order valence-corrected chi connectivity index (χ3v) is 7.48. The molecule has 1 atom stereocenters. The van der Waals surface area contributed by atoms with E-state index in [1.54, 1.807) is 11.0 Å². The average molecular weight is 517 g/mol. The van der Waals surface area contributed by atoms with Crippen LogP contribution in [0.3, 0.4) is 0 Å². The molecule has 0 aliphatic carbocycles. The zero-order valence-corrected chi connectivity index (χ0v) is 21.4. The fraction of sp³-hybridized carbons (Fsp3) is 0.458. The second-order valence-electron chi connectivity index (χ2n) is 9.39. The van der Waals surface area contributed by atoms with Crippen LogP contribution in [0.2, 0.25) is 5.02 Å². The molecule has 2 fully saturated rings. The van der Waals surface area contributed by atoms with Crippen LogP contribution in [0.15, 0.2) is 30.5 Å². The molecule has 2 saturated heterocycles. The van der Waals surface area contributed by atoms with Crippen molar-refractivity contribution in [1.29, 1.82) is 0 Å². The number of nitrogens with one attached hydrogen (secondary N) is 1. The summed E-state index contributed by atoms with van der Waals surface area (Å²) in [6, 6.07) is 6.44. The van der Waals surface area contributed by atoms with E-state index in [4.69, 9.17) is 21.7 Å². The number of aromatic nitrogens is 3. The van der Waals surface area contributed by atoms with Gasteiger partial charge in [0.1, 0.15) is 5.82 Å². The van der Waals surface area contributed by atoms with Gasteiger partial charge in [-0.25, -0.2) is 17.9 Å². The summed E-state index contributed by atoms with van der Waals surface area (Å²) >= 11 is 6.19. The first-order valence-electron chi connectivity index (χ1n) is 11.9. The SMILES string of the molecule is Cc1cc(N2CCCC2)nn2cc([C@@H]3CCCCN3C(=O)c3cc(Cl)ccc3NS(C)(=O)=O)nc12. The summed E-state index contributed by atoms with van der Waals surface area (Å²) in [5, 5.41) is 5.17. The van der Waals surface area contributed by atoms with Gasteiger partial charge in [-0.15, -0.1) is 5.10 Å². The number of likely N-dealkylation sites (tertiary alicyclic amines) is 1. The number of hydrogen-bond donors (Lipinski definition) is 1. The molecule has 0 radical (unpaired) electrons. The van der Waals surface area contributed by atoms with Crippen LogP contribution >= 0.6 is 11.6 Å². The second-order valence-corrected chi connectivity index (χ2v) is 11.6. The number of nitrogens with zero attached hydrogens (tertiary/aromatic N) is 5. The van der Waals surface area contributed by atoms with Crippen LogP contribution in [0.1, 0.15) is 59.8 Å². The zero-order chi connectivity index (χ0) is 24.7. The Bertz CT molecular complexity index is 1380. The van der Waals surface area contributed by atoms with E-state index in [0.717, 1.165) is 61.3 Å². The van der Waals surface area contributed by atoms with Crippen molar-refractivity contribution < 1.29 is 13.2 Å². The third-order valence-electron chi connectivity index (χ3n) is 6.66. The van der Waals surface area contributed by atoms with Crippen LogP contribution in [-0.2, 0) is 10.0 Å². The Labute approximate surface area is 210 Å². The maximum atomic E-state index is 13.7. The minimum atomic E-state index is -3.57. The summed E-state index contributed by atoms with van der Waals surface area (Å²) in [5.41, 5.74) is 3.05. The number of anilines is 2. The van der Waals surface area contributed by atoms with E-state index in [2.05, 4.69) is 15.7 Å². The molecule has 3 aromatic rings. The normalized spacial score (nSPS) is 18.9. The predicted octanol–water partition coefficient (Wildman–Crippen LogP) is 4.03. The number of carbonyl (C=O) groups is 1. The zero-order valence-electron chi connectivity index (χ0n) is 19.9. The van der Waals surface area contributed by atoms with Crippen molar-refractivity contribution in [1.82, 2.24) is 19.5 Å². The highest BCUT2D eigenvalue weighted by Crippen LogP contribution is 2.34. The first-order chi connectivity index (χ1) is 16.7. The lowest BCUT2D eigenvalue weighted by molar-refractivity contribution is 0.0608. The molecular weight excluding hydrogens is 488 g/mol. The minimum Gasteiger partial charge on any atom is -0.355 e. The van der Waals surface area contributed by atoms with E-state index in [-0.39, 0.29) is 23.2 Å². The van der Waals surface area contributed by atoms with Crippen molar-refractivity contribution in [3.05, 3.63) is 52.3 Å². The molecule has 1 amide bonds. The van der Waals surface area contributed by atoms with Crippen molar-refractivity contribution in [2.24, 2.45) is 0 Å². The summed E-state index contributed by atoms with van der Waals surface area (Å²) in [5.74, 6) is 0.672. The summed E-state index contributed by atoms with van der Waals surface area (Å²) in [6.45, 7) is 4.60. The van der Waals surface area contributed by atoms with Crippen LogP contribution in [-0.4, -0.2) is 59.7 Å². The standard InChI is InChI=1S/C24H29ClN6O3S/c1-16-13-22(29-10-5-6-11-29)27-31-15-20(26-23(16)31)21-7-3-4-12-30(21)24(32)18-14-17(25)8-9-19(18)28-35(2,33)34/h8-9,13-15,21,28H,3-7,10-12H2,1-2H3/t21-/m0/s1. The third kappa shape index (κ3) is 4.95. The van der Waals surface area contributed by atoms with E-state index < -0.39 is 10.0 Å². The van der Waals surface area contributed by atoms with Crippen molar-refractivity contribution in [2.45, 2.75) is 45.1 Å². The Morgan fingerprint density at radius 2 is 1.86 bits per heavy atom. The molecule has 2 aromatic heterocycles. The quantitative estimate of drug-likeness (QED) is 0.549. The number of aryl methyl sites for hydroxylation is 1. The molecule has 0 bridgehead atoms. The topological polar surface area (TPSA) is 99.9 Å². The van der Waals surface area contributed by atoms with Gasteiger partial charge in [0.05, 0.1) is 35.4 Å². The minimum absolute atomic E-state index is 0.217. The fourth-order valence-corrected chi connectivity index (χ4v) is 5.76. The van der Waals surface area contributed by atoms with Crippen LogP contribution in [0.5, 0.6) is 0 Å². The molecule has 11 heteroatoms. The van der Waals surface area contributed by atoms with E-state index >= 15 is 0 Å². The molecule has 0 spiro atoms. The first-order valence-corrected chi connectivity index (χ1v) is 14.2. The Hall–Kier alpha value is -2.85. The summed E-state index contributed by atoms with van der Waals surface area (Å²) < 4.78 is 28.0. The van der Waals surface area contributed by atoms with Gasteiger partial charge in [-0.05, 0) is 68.9 Å². The highest BCUT2D eigenvalue weighted by molar-refractivity contribution is 7.92. The number of halogens is 1. The summed E-state index contributed by atoms with van der Waals surface area (Å²) in [4.78, 5) is 22.7. The Kier molecular flexibility index (Phi) is 6.35. The predicted molar refractivity (Wildman–Crippen MR) is 137 cm³/mol. The fourth-order valence-electron chi connectivity index (χ4n) is 5.01. The van der Waals surface area contributed by atoms with Crippen molar-refractivity contribution in [3.8, 4) is 0 Å². The first kappa shape index (κ1) is 23.9. The Balaban J connectivity index is 1.50. The highest BCUT2D eigenvalue weighted by Gasteiger charge is 2.32. The number of piperidine rings is 1. The number of sulfonamides is 1. The molecule has 2 aliphatic heterocycles. The van der Waals surface area contributed by atoms with Crippen molar-refractivity contribution >= 4 is 44.7 Å². The number of imidazole rings is 1. The monoisotopic (exact) mass is 516 g/mol. The van der Waals surface area contributed by atoms with Crippen molar-refractivity contribution in [3.63, 3.8) is 0 Å². The van der Waals surface area contributed by atoms with E-state index in [1.807, 2.05) is 17.6 Å². The number of fused-ring (bicyclic) bond motifs is 1. The molecule has 1 aromatic carbocycles. The van der Waals surface area contributed by atoms with Gasteiger partial charge in [-0.2, -0.15) is 0 Å². The largest absolute Gasteiger partial charge is 0.355 e. The Morgan fingerprint density at radius 3 is 2.60 bits per heavy atom. The van der Waals surface area contributed by atoms with Crippen LogP contribution in [0.4, 0.5) is 11.5 Å². The number of rotatable bonds is 5. The van der Waals surface area contributed by atoms with Gasteiger partial charge < -0.3 is 9.80 Å².